The molecule has 1 saturated carbocycles. The van der Waals surface area contributed by atoms with Crippen LogP contribution in [0.4, 0.5) is 11.8 Å². The lowest BCUT2D eigenvalue weighted by molar-refractivity contribution is 0.109. The van der Waals surface area contributed by atoms with Crippen molar-refractivity contribution in [2.45, 2.75) is 31.9 Å². The molecule has 1 aromatic rings. The summed E-state index contributed by atoms with van der Waals surface area (Å²) in [7, 11) is 0. The third kappa shape index (κ3) is 1.74. The Hall–Kier alpha value is -1.36. The number of aromatic nitrogens is 2. The minimum absolute atomic E-state index is 0.360. The van der Waals surface area contributed by atoms with E-state index in [0.29, 0.717) is 18.6 Å². The topological polar surface area (TPSA) is 73.1 Å². The van der Waals surface area contributed by atoms with Crippen LogP contribution in [0.15, 0.2) is 0 Å². The number of rotatable bonds is 2. The van der Waals surface area contributed by atoms with Crippen LogP contribution < -0.4 is 11.1 Å². The second-order valence-electron chi connectivity index (χ2n) is 4.08. The number of nitrogen functional groups attached to an aromatic ring is 1. The molecule has 2 heterocycles. The highest BCUT2D eigenvalue weighted by Crippen LogP contribution is 2.28. The highest BCUT2D eigenvalue weighted by molar-refractivity contribution is 5.51. The summed E-state index contributed by atoms with van der Waals surface area (Å²) < 4.78 is 5.42. The standard InChI is InChI=1S/C10H14N4O/c11-10-13-8-3-4-15-5-7(8)9(14-10)12-6-1-2-6/h6H,1-5H2,(H3,11,12,13,14). The third-order valence-electron chi connectivity index (χ3n) is 2.76. The molecule has 2 aliphatic rings. The summed E-state index contributed by atoms with van der Waals surface area (Å²) in [5.74, 6) is 1.23. The number of hydrogen-bond acceptors (Lipinski definition) is 5. The van der Waals surface area contributed by atoms with Gasteiger partial charge in [0.1, 0.15) is 5.82 Å². The van der Waals surface area contributed by atoms with E-state index >= 15 is 0 Å². The zero-order valence-electron chi connectivity index (χ0n) is 8.49. The molecule has 3 rings (SSSR count). The van der Waals surface area contributed by atoms with Crippen LogP contribution in [-0.4, -0.2) is 22.6 Å². The number of hydrogen-bond donors (Lipinski definition) is 2. The Labute approximate surface area is 88.1 Å². The molecule has 5 heteroatoms. The molecule has 3 N–H and O–H groups in total. The van der Waals surface area contributed by atoms with Gasteiger partial charge >= 0.3 is 0 Å². The minimum Gasteiger partial charge on any atom is -0.376 e. The first-order chi connectivity index (χ1) is 7.33. The average molecular weight is 206 g/mol. The molecule has 0 saturated heterocycles. The van der Waals surface area contributed by atoms with E-state index in [9.17, 15) is 0 Å². The number of ether oxygens (including phenoxy) is 1. The zero-order chi connectivity index (χ0) is 10.3. The van der Waals surface area contributed by atoms with Crippen LogP contribution in [0.25, 0.3) is 0 Å². The Morgan fingerprint density at radius 2 is 2.20 bits per heavy atom. The van der Waals surface area contributed by atoms with Gasteiger partial charge in [-0.05, 0) is 12.8 Å². The Morgan fingerprint density at radius 3 is 3.00 bits per heavy atom. The summed E-state index contributed by atoms with van der Waals surface area (Å²) in [5.41, 5.74) is 7.80. The summed E-state index contributed by atoms with van der Waals surface area (Å²) >= 11 is 0. The lowest BCUT2D eigenvalue weighted by Crippen LogP contribution is -2.18. The van der Waals surface area contributed by atoms with E-state index in [2.05, 4.69) is 15.3 Å². The van der Waals surface area contributed by atoms with Crippen LogP contribution in [0.1, 0.15) is 24.1 Å². The van der Waals surface area contributed by atoms with E-state index in [1.54, 1.807) is 0 Å². The average Bonchev–Trinajstić information content (AvgIpc) is 3.01. The van der Waals surface area contributed by atoms with Gasteiger partial charge in [-0.25, -0.2) is 4.98 Å². The summed E-state index contributed by atoms with van der Waals surface area (Å²) in [5, 5.41) is 3.37. The maximum Gasteiger partial charge on any atom is 0.222 e. The molecule has 0 radical (unpaired) electrons. The molecule has 15 heavy (non-hydrogen) atoms. The van der Waals surface area contributed by atoms with Crippen LogP contribution in [-0.2, 0) is 17.8 Å². The zero-order valence-corrected chi connectivity index (χ0v) is 8.49. The Kier molecular flexibility index (Phi) is 1.98. The molecular weight excluding hydrogens is 192 g/mol. The van der Waals surface area contributed by atoms with Crippen molar-refractivity contribution in [3.05, 3.63) is 11.3 Å². The largest absolute Gasteiger partial charge is 0.376 e. The van der Waals surface area contributed by atoms with Crippen LogP contribution >= 0.6 is 0 Å². The predicted molar refractivity (Wildman–Crippen MR) is 56.4 cm³/mol. The molecule has 0 bridgehead atoms. The molecule has 0 amide bonds. The van der Waals surface area contributed by atoms with E-state index in [1.165, 1.54) is 12.8 Å². The van der Waals surface area contributed by atoms with Crippen molar-refractivity contribution in [1.29, 1.82) is 0 Å². The summed E-state index contributed by atoms with van der Waals surface area (Å²) in [6, 6.07) is 0.574. The van der Waals surface area contributed by atoms with Crippen LogP contribution in [0.5, 0.6) is 0 Å². The van der Waals surface area contributed by atoms with Gasteiger partial charge in [0.05, 0.1) is 18.9 Å². The number of anilines is 2. The van der Waals surface area contributed by atoms with Gasteiger partial charge in [-0.15, -0.1) is 0 Å². The molecule has 5 nitrogen and oxygen atoms in total. The summed E-state index contributed by atoms with van der Waals surface area (Å²) in [6.07, 6.45) is 3.28. The van der Waals surface area contributed by atoms with Gasteiger partial charge in [-0.1, -0.05) is 0 Å². The first-order valence-corrected chi connectivity index (χ1v) is 5.32. The Morgan fingerprint density at radius 1 is 1.33 bits per heavy atom. The highest BCUT2D eigenvalue weighted by Gasteiger charge is 2.25. The molecule has 0 aromatic carbocycles. The lowest BCUT2D eigenvalue weighted by Gasteiger charge is -2.19. The van der Waals surface area contributed by atoms with Crippen molar-refractivity contribution in [2.75, 3.05) is 17.7 Å². The fraction of sp³-hybridized carbons (Fsp3) is 0.600. The van der Waals surface area contributed by atoms with Gasteiger partial charge in [0, 0.05) is 18.0 Å². The van der Waals surface area contributed by atoms with Gasteiger partial charge in [0.15, 0.2) is 0 Å². The smallest absolute Gasteiger partial charge is 0.222 e. The fourth-order valence-electron chi connectivity index (χ4n) is 1.79. The summed E-state index contributed by atoms with van der Waals surface area (Å²) in [4.78, 5) is 8.49. The number of fused-ring (bicyclic) bond motifs is 1. The lowest BCUT2D eigenvalue weighted by atomic mass is 10.1. The maximum atomic E-state index is 5.68. The second-order valence-corrected chi connectivity index (χ2v) is 4.08. The van der Waals surface area contributed by atoms with Crippen LogP contribution in [0.2, 0.25) is 0 Å². The van der Waals surface area contributed by atoms with Gasteiger partial charge in [0.25, 0.3) is 0 Å². The predicted octanol–water partition coefficient (Wildman–Crippen LogP) is 0.706. The van der Waals surface area contributed by atoms with Crippen molar-refractivity contribution >= 4 is 11.8 Å². The van der Waals surface area contributed by atoms with E-state index in [0.717, 1.165) is 30.1 Å². The van der Waals surface area contributed by atoms with Crippen molar-refractivity contribution in [2.24, 2.45) is 0 Å². The van der Waals surface area contributed by atoms with Gasteiger partial charge in [0.2, 0.25) is 5.95 Å². The van der Waals surface area contributed by atoms with Crippen molar-refractivity contribution in [1.82, 2.24) is 9.97 Å². The summed E-state index contributed by atoms with van der Waals surface area (Å²) in [6.45, 7) is 1.33. The first-order valence-electron chi connectivity index (χ1n) is 5.32. The number of nitrogens with one attached hydrogen (secondary N) is 1. The molecule has 1 fully saturated rings. The highest BCUT2D eigenvalue weighted by atomic mass is 16.5. The Bertz CT molecular complexity index is 389. The van der Waals surface area contributed by atoms with Crippen molar-refractivity contribution in [3.8, 4) is 0 Å². The van der Waals surface area contributed by atoms with E-state index in [-0.39, 0.29) is 0 Å². The molecule has 1 aromatic heterocycles. The van der Waals surface area contributed by atoms with Crippen LogP contribution in [0.3, 0.4) is 0 Å². The number of nitrogens with two attached hydrogens (primary N) is 1. The second kappa shape index (κ2) is 3.34. The first kappa shape index (κ1) is 8.91. The molecule has 1 aliphatic carbocycles. The molecule has 1 aliphatic heterocycles. The quantitative estimate of drug-likeness (QED) is 0.745. The third-order valence-corrected chi connectivity index (χ3v) is 2.76. The van der Waals surface area contributed by atoms with Gasteiger partial charge < -0.3 is 15.8 Å². The number of nitrogens with zero attached hydrogens (tertiary/aromatic N) is 2. The fourth-order valence-corrected chi connectivity index (χ4v) is 1.79. The molecule has 0 atom stereocenters. The van der Waals surface area contributed by atoms with Crippen LogP contribution in [0, 0.1) is 0 Å². The van der Waals surface area contributed by atoms with Crippen molar-refractivity contribution in [3.63, 3.8) is 0 Å². The van der Waals surface area contributed by atoms with Gasteiger partial charge in [-0.2, -0.15) is 4.98 Å². The molecule has 0 spiro atoms. The van der Waals surface area contributed by atoms with E-state index in [1.807, 2.05) is 0 Å². The van der Waals surface area contributed by atoms with Gasteiger partial charge in [-0.3, -0.25) is 0 Å². The maximum absolute atomic E-state index is 5.68. The Balaban J connectivity index is 1.98. The molecule has 80 valence electrons. The van der Waals surface area contributed by atoms with E-state index in [4.69, 9.17) is 10.5 Å². The molecule has 0 unspecified atom stereocenters. The van der Waals surface area contributed by atoms with Crippen molar-refractivity contribution < 1.29 is 4.74 Å². The molecular formula is C10H14N4O. The minimum atomic E-state index is 0.360. The van der Waals surface area contributed by atoms with E-state index < -0.39 is 0 Å². The normalized spacial score (nSPS) is 19.7. The monoisotopic (exact) mass is 206 g/mol. The SMILES string of the molecule is Nc1nc2c(c(NC3CC3)n1)COCC2.